The molecule has 1 aromatic carbocycles. The minimum atomic E-state index is 0.471. The minimum Gasteiger partial charge on any atom is -0.493 e. The molecule has 1 fully saturated rings. The summed E-state index contributed by atoms with van der Waals surface area (Å²) in [5.41, 5.74) is 2.29. The number of hydrogen-bond donors (Lipinski definition) is 0. The Bertz CT molecular complexity index is 747. The van der Waals surface area contributed by atoms with Crippen molar-refractivity contribution in [3.05, 3.63) is 40.3 Å². The number of aryl methyl sites for hydroxylation is 1. The van der Waals surface area contributed by atoms with E-state index in [4.69, 9.17) is 21.1 Å². The van der Waals surface area contributed by atoms with E-state index >= 15 is 0 Å². The Morgan fingerprint density at radius 3 is 2.42 bits per heavy atom. The van der Waals surface area contributed by atoms with E-state index in [0.29, 0.717) is 17.6 Å². The molecule has 0 atom stereocenters. The molecule has 0 saturated heterocycles. The zero-order valence-electron chi connectivity index (χ0n) is 14.5. The second-order valence-electron chi connectivity index (χ2n) is 6.17. The lowest BCUT2D eigenvalue weighted by molar-refractivity contribution is 0.354. The fourth-order valence-corrected chi connectivity index (χ4v) is 2.86. The largest absolute Gasteiger partial charge is 0.493 e. The van der Waals surface area contributed by atoms with Crippen LogP contribution >= 0.6 is 11.6 Å². The number of methoxy groups -OCH3 is 2. The first-order valence-corrected chi connectivity index (χ1v) is 8.36. The molecule has 0 aliphatic heterocycles. The Labute approximate surface area is 147 Å². The molecule has 128 valence electrons. The second kappa shape index (κ2) is 6.85. The van der Waals surface area contributed by atoms with Gasteiger partial charge in [-0.2, -0.15) is 0 Å². The number of benzene rings is 1. The molecule has 0 amide bonds. The van der Waals surface area contributed by atoms with Crippen LogP contribution in [0, 0.1) is 6.92 Å². The second-order valence-corrected chi connectivity index (χ2v) is 6.56. The maximum atomic E-state index is 6.17. The van der Waals surface area contributed by atoms with Gasteiger partial charge in [0.2, 0.25) is 0 Å². The number of ether oxygens (including phenoxy) is 2. The first-order chi connectivity index (χ1) is 11.5. The van der Waals surface area contributed by atoms with Gasteiger partial charge in [0.15, 0.2) is 11.5 Å². The SMILES string of the molecule is COc1cc(C)c(CN(C)c2cc(Cl)nc(C3CC3)n2)cc1OC. The molecule has 0 N–H and O–H groups in total. The molecule has 3 rings (SSSR count). The van der Waals surface area contributed by atoms with Crippen molar-refractivity contribution < 1.29 is 9.47 Å². The molecule has 6 heteroatoms. The van der Waals surface area contributed by atoms with Gasteiger partial charge in [-0.15, -0.1) is 0 Å². The highest BCUT2D eigenvalue weighted by molar-refractivity contribution is 6.29. The number of halogens is 1. The van der Waals surface area contributed by atoms with Crippen molar-refractivity contribution in [1.29, 1.82) is 0 Å². The van der Waals surface area contributed by atoms with Gasteiger partial charge in [-0.3, -0.25) is 0 Å². The standard InChI is InChI=1S/C18H22ClN3O2/c1-11-7-14(23-3)15(24-4)8-13(11)10-22(2)17-9-16(19)20-18(21-17)12-5-6-12/h7-9,12H,5-6,10H2,1-4H3. The normalized spacial score (nSPS) is 13.7. The third-order valence-corrected chi connectivity index (χ3v) is 4.48. The molecule has 0 unspecified atom stereocenters. The van der Waals surface area contributed by atoms with Crippen molar-refractivity contribution in [2.24, 2.45) is 0 Å². The van der Waals surface area contributed by atoms with E-state index in [1.807, 2.05) is 25.2 Å². The monoisotopic (exact) mass is 347 g/mol. The lowest BCUT2D eigenvalue weighted by atomic mass is 10.1. The van der Waals surface area contributed by atoms with Crippen LogP contribution in [-0.4, -0.2) is 31.2 Å². The summed E-state index contributed by atoms with van der Waals surface area (Å²) in [6, 6.07) is 5.81. The summed E-state index contributed by atoms with van der Waals surface area (Å²) in [6.45, 7) is 2.76. The summed E-state index contributed by atoms with van der Waals surface area (Å²) in [5.74, 6) is 3.63. The van der Waals surface area contributed by atoms with Gasteiger partial charge in [-0.1, -0.05) is 11.6 Å². The third kappa shape index (κ3) is 3.56. The van der Waals surface area contributed by atoms with E-state index in [-0.39, 0.29) is 0 Å². The van der Waals surface area contributed by atoms with Gasteiger partial charge in [-0.25, -0.2) is 9.97 Å². The van der Waals surface area contributed by atoms with Crippen molar-refractivity contribution in [3.8, 4) is 11.5 Å². The molecule has 5 nitrogen and oxygen atoms in total. The molecule has 1 aromatic heterocycles. The Balaban J connectivity index is 1.85. The third-order valence-electron chi connectivity index (χ3n) is 4.28. The van der Waals surface area contributed by atoms with Crippen LogP contribution in [0.5, 0.6) is 11.5 Å². The van der Waals surface area contributed by atoms with Crippen LogP contribution in [0.4, 0.5) is 5.82 Å². The summed E-state index contributed by atoms with van der Waals surface area (Å²) in [5, 5.41) is 0.498. The summed E-state index contributed by atoms with van der Waals surface area (Å²) >= 11 is 6.17. The molecule has 0 radical (unpaired) electrons. The van der Waals surface area contributed by atoms with Crippen LogP contribution in [0.25, 0.3) is 0 Å². The predicted molar refractivity (Wildman–Crippen MR) is 95.4 cm³/mol. The van der Waals surface area contributed by atoms with E-state index < -0.39 is 0 Å². The molecule has 1 saturated carbocycles. The van der Waals surface area contributed by atoms with Crippen molar-refractivity contribution in [1.82, 2.24) is 9.97 Å². The summed E-state index contributed by atoms with van der Waals surface area (Å²) in [6.07, 6.45) is 2.30. The smallest absolute Gasteiger partial charge is 0.161 e. The lowest BCUT2D eigenvalue weighted by Crippen LogP contribution is -2.19. The maximum Gasteiger partial charge on any atom is 0.161 e. The van der Waals surface area contributed by atoms with Crippen molar-refractivity contribution in [2.45, 2.75) is 32.2 Å². The molecule has 2 aromatic rings. The Morgan fingerprint density at radius 2 is 1.79 bits per heavy atom. The van der Waals surface area contributed by atoms with Gasteiger partial charge < -0.3 is 14.4 Å². The molecular weight excluding hydrogens is 326 g/mol. The van der Waals surface area contributed by atoms with Gasteiger partial charge in [-0.05, 0) is 43.0 Å². The fourth-order valence-electron chi connectivity index (χ4n) is 2.67. The van der Waals surface area contributed by atoms with E-state index in [1.54, 1.807) is 14.2 Å². The molecule has 1 aliphatic carbocycles. The quantitative estimate of drug-likeness (QED) is 0.740. The van der Waals surface area contributed by atoms with Crippen LogP contribution in [-0.2, 0) is 6.54 Å². The van der Waals surface area contributed by atoms with Crippen molar-refractivity contribution in [2.75, 3.05) is 26.2 Å². The Hall–Kier alpha value is -2.01. The van der Waals surface area contributed by atoms with Crippen LogP contribution in [0.1, 0.15) is 35.7 Å². The van der Waals surface area contributed by atoms with Crippen molar-refractivity contribution >= 4 is 17.4 Å². The zero-order valence-corrected chi connectivity index (χ0v) is 15.2. The summed E-state index contributed by atoms with van der Waals surface area (Å²) in [7, 11) is 5.30. The van der Waals surface area contributed by atoms with Crippen LogP contribution in [0.3, 0.4) is 0 Å². The summed E-state index contributed by atoms with van der Waals surface area (Å²) in [4.78, 5) is 11.1. The van der Waals surface area contributed by atoms with Gasteiger partial charge in [0.05, 0.1) is 14.2 Å². The molecule has 0 bridgehead atoms. The highest BCUT2D eigenvalue weighted by atomic mass is 35.5. The van der Waals surface area contributed by atoms with E-state index in [2.05, 4.69) is 21.8 Å². The predicted octanol–water partition coefficient (Wildman–Crippen LogP) is 3.97. The van der Waals surface area contributed by atoms with E-state index in [1.165, 1.54) is 0 Å². The average molecular weight is 348 g/mol. The topological polar surface area (TPSA) is 47.5 Å². The lowest BCUT2D eigenvalue weighted by Gasteiger charge is -2.21. The van der Waals surface area contributed by atoms with E-state index in [9.17, 15) is 0 Å². The molecule has 24 heavy (non-hydrogen) atoms. The molecule has 0 spiro atoms. The zero-order chi connectivity index (χ0) is 17.3. The number of rotatable bonds is 6. The Morgan fingerprint density at radius 1 is 1.12 bits per heavy atom. The highest BCUT2D eigenvalue weighted by Gasteiger charge is 2.27. The number of hydrogen-bond acceptors (Lipinski definition) is 5. The Kier molecular flexibility index (Phi) is 4.81. The average Bonchev–Trinajstić information content (AvgIpc) is 3.40. The molecular formula is C18H22ClN3O2. The van der Waals surface area contributed by atoms with Crippen LogP contribution in [0.15, 0.2) is 18.2 Å². The first kappa shape index (κ1) is 16.8. The number of anilines is 1. The number of nitrogens with zero attached hydrogens (tertiary/aromatic N) is 3. The first-order valence-electron chi connectivity index (χ1n) is 7.99. The van der Waals surface area contributed by atoms with Gasteiger partial charge in [0, 0.05) is 25.6 Å². The van der Waals surface area contributed by atoms with Crippen molar-refractivity contribution in [3.63, 3.8) is 0 Å². The molecule has 1 heterocycles. The fraction of sp³-hybridized carbons (Fsp3) is 0.444. The van der Waals surface area contributed by atoms with Crippen LogP contribution in [0.2, 0.25) is 5.15 Å². The minimum absolute atomic E-state index is 0.471. The summed E-state index contributed by atoms with van der Waals surface area (Å²) < 4.78 is 10.8. The van der Waals surface area contributed by atoms with Gasteiger partial charge >= 0.3 is 0 Å². The van der Waals surface area contributed by atoms with Gasteiger partial charge in [0.25, 0.3) is 0 Å². The maximum absolute atomic E-state index is 6.17. The van der Waals surface area contributed by atoms with Crippen LogP contribution < -0.4 is 14.4 Å². The highest BCUT2D eigenvalue weighted by Crippen LogP contribution is 2.39. The van der Waals surface area contributed by atoms with E-state index in [0.717, 1.165) is 47.1 Å². The van der Waals surface area contributed by atoms with Gasteiger partial charge in [0.1, 0.15) is 16.8 Å². The number of aromatic nitrogens is 2. The molecule has 1 aliphatic rings.